The Morgan fingerprint density at radius 3 is 2.70 bits per heavy atom. The van der Waals surface area contributed by atoms with Gasteiger partial charge in [-0.3, -0.25) is 0 Å². The summed E-state index contributed by atoms with van der Waals surface area (Å²) in [5.74, 6) is 1.15. The molecule has 2 aromatic rings. The van der Waals surface area contributed by atoms with Gasteiger partial charge in [-0.15, -0.1) is 0 Å². The molecule has 0 aliphatic heterocycles. The van der Waals surface area contributed by atoms with E-state index in [1.165, 1.54) is 12.1 Å². The van der Waals surface area contributed by atoms with Gasteiger partial charge in [-0.25, -0.2) is 4.39 Å². The fourth-order valence-corrected chi connectivity index (χ4v) is 2.38. The Morgan fingerprint density at radius 2 is 2.05 bits per heavy atom. The largest absolute Gasteiger partial charge is 0.459 e. The molecule has 1 atom stereocenters. The normalized spacial score (nSPS) is 12.6. The highest BCUT2D eigenvalue weighted by Gasteiger charge is 2.14. The number of rotatable bonds is 6. The van der Waals surface area contributed by atoms with Gasteiger partial charge in [0.05, 0.1) is 6.04 Å². The monoisotopic (exact) mass is 295 g/mol. The highest BCUT2D eigenvalue weighted by molar-refractivity contribution is 6.30. The van der Waals surface area contributed by atoms with Crippen LogP contribution in [0.1, 0.15) is 38.5 Å². The molecule has 1 N–H and O–H groups in total. The Labute approximate surface area is 123 Å². The molecule has 0 aliphatic carbocycles. The number of halogens is 2. The minimum atomic E-state index is -0.360. The van der Waals surface area contributed by atoms with Crippen molar-refractivity contribution in [2.75, 3.05) is 6.54 Å². The van der Waals surface area contributed by atoms with Gasteiger partial charge in [0, 0.05) is 10.6 Å². The number of hydrogen-bond acceptors (Lipinski definition) is 2. The quantitative estimate of drug-likeness (QED) is 0.793. The zero-order valence-electron chi connectivity index (χ0n) is 11.7. The highest BCUT2D eigenvalue weighted by atomic mass is 35.5. The molecule has 1 aromatic carbocycles. The molecular weight excluding hydrogens is 277 g/mol. The van der Waals surface area contributed by atoms with Gasteiger partial charge in [0.15, 0.2) is 0 Å². The maximum absolute atomic E-state index is 13.4. The first kappa shape index (κ1) is 15.1. The van der Waals surface area contributed by atoms with Crippen LogP contribution in [0.2, 0.25) is 5.02 Å². The van der Waals surface area contributed by atoms with Crippen molar-refractivity contribution in [3.05, 3.63) is 46.9 Å². The molecule has 0 radical (unpaired) electrons. The molecule has 0 amide bonds. The maximum atomic E-state index is 13.4. The SMILES string of the molecule is CCCNC(CC)c1ccc(-c2cc(F)cc(Cl)c2)o1. The molecule has 0 saturated heterocycles. The van der Waals surface area contributed by atoms with Crippen molar-refractivity contribution in [3.63, 3.8) is 0 Å². The van der Waals surface area contributed by atoms with Gasteiger partial charge in [-0.1, -0.05) is 25.4 Å². The number of furan rings is 1. The molecule has 1 unspecified atom stereocenters. The first-order valence-electron chi connectivity index (χ1n) is 6.93. The van der Waals surface area contributed by atoms with Gasteiger partial charge in [-0.05, 0) is 49.7 Å². The summed E-state index contributed by atoms with van der Waals surface area (Å²) in [5, 5.41) is 3.80. The van der Waals surface area contributed by atoms with E-state index in [-0.39, 0.29) is 11.9 Å². The summed E-state index contributed by atoms with van der Waals surface area (Å²) in [6.07, 6.45) is 2.01. The number of benzene rings is 1. The van der Waals surface area contributed by atoms with Crippen LogP contribution in [-0.2, 0) is 0 Å². The van der Waals surface area contributed by atoms with E-state index in [0.29, 0.717) is 16.3 Å². The van der Waals surface area contributed by atoms with E-state index in [1.807, 2.05) is 12.1 Å². The average Bonchev–Trinajstić information content (AvgIpc) is 2.88. The molecule has 0 saturated carbocycles. The molecule has 108 valence electrons. The second kappa shape index (κ2) is 6.91. The van der Waals surface area contributed by atoms with Crippen LogP contribution in [0.15, 0.2) is 34.7 Å². The Balaban J connectivity index is 2.23. The molecule has 1 aromatic heterocycles. The van der Waals surface area contributed by atoms with Gasteiger partial charge in [0.25, 0.3) is 0 Å². The van der Waals surface area contributed by atoms with Gasteiger partial charge in [0.1, 0.15) is 17.3 Å². The lowest BCUT2D eigenvalue weighted by molar-refractivity contribution is 0.411. The Kier molecular flexibility index (Phi) is 5.21. The summed E-state index contributed by atoms with van der Waals surface area (Å²) in [7, 11) is 0. The third kappa shape index (κ3) is 3.62. The predicted octanol–water partition coefficient (Wildman–Crippen LogP) is 5.19. The maximum Gasteiger partial charge on any atom is 0.134 e. The number of nitrogens with one attached hydrogen (secondary N) is 1. The summed E-state index contributed by atoms with van der Waals surface area (Å²) in [6, 6.07) is 8.39. The molecule has 20 heavy (non-hydrogen) atoms. The van der Waals surface area contributed by atoms with Crippen molar-refractivity contribution >= 4 is 11.6 Å². The summed E-state index contributed by atoms with van der Waals surface area (Å²) in [6.45, 7) is 5.18. The van der Waals surface area contributed by atoms with Gasteiger partial charge < -0.3 is 9.73 Å². The fourth-order valence-electron chi connectivity index (χ4n) is 2.16. The van der Waals surface area contributed by atoms with Crippen LogP contribution >= 0.6 is 11.6 Å². The van der Waals surface area contributed by atoms with Crippen molar-refractivity contribution < 1.29 is 8.81 Å². The molecule has 0 fully saturated rings. The van der Waals surface area contributed by atoms with E-state index < -0.39 is 0 Å². The lowest BCUT2D eigenvalue weighted by Crippen LogP contribution is -2.20. The molecule has 2 rings (SSSR count). The molecule has 4 heteroatoms. The van der Waals surface area contributed by atoms with Gasteiger partial charge >= 0.3 is 0 Å². The Hall–Kier alpha value is -1.32. The molecule has 1 heterocycles. The minimum absolute atomic E-state index is 0.188. The summed E-state index contributed by atoms with van der Waals surface area (Å²) in [4.78, 5) is 0. The standard InChI is InChI=1S/C16H19ClFNO/c1-3-7-19-14(4-2)16-6-5-15(20-16)11-8-12(17)10-13(18)9-11/h5-6,8-10,14,19H,3-4,7H2,1-2H3. The zero-order chi connectivity index (χ0) is 14.5. The van der Waals surface area contributed by atoms with Crippen molar-refractivity contribution in [3.8, 4) is 11.3 Å². The zero-order valence-corrected chi connectivity index (χ0v) is 12.5. The molecule has 0 spiro atoms. The molecule has 2 nitrogen and oxygen atoms in total. The van der Waals surface area contributed by atoms with Crippen LogP contribution in [-0.4, -0.2) is 6.54 Å². The van der Waals surface area contributed by atoms with Gasteiger partial charge in [-0.2, -0.15) is 0 Å². The first-order chi connectivity index (χ1) is 9.63. The predicted molar refractivity (Wildman–Crippen MR) is 80.4 cm³/mol. The minimum Gasteiger partial charge on any atom is -0.459 e. The van der Waals surface area contributed by atoms with E-state index in [2.05, 4.69) is 19.2 Å². The summed E-state index contributed by atoms with van der Waals surface area (Å²) in [5.41, 5.74) is 0.659. The smallest absolute Gasteiger partial charge is 0.134 e. The first-order valence-corrected chi connectivity index (χ1v) is 7.31. The van der Waals surface area contributed by atoms with Crippen molar-refractivity contribution in [2.45, 2.75) is 32.7 Å². The lowest BCUT2D eigenvalue weighted by atomic mass is 10.1. The second-order valence-electron chi connectivity index (χ2n) is 4.78. The third-order valence-corrected chi connectivity index (χ3v) is 3.38. The van der Waals surface area contributed by atoms with E-state index in [0.717, 1.165) is 25.1 Å². The van der Waals surface area contributed by atoms with Crippen molar-refractivity contribution in [2.24, 2.45) is 0 Å². The van der Waals surface area contributed by atoms with Crippen LogP contribution < -0.4 is 5.32 Å². The molecular formula is C16H19ClFNO. The Morgan fingerprint density at radius 1 is 1.25 bits per heavy atom. The lowest BCUT2D eigenvalue weighted by Gasteiger charge is -2.13. The average molecular weight is 296 g/mol. The van der Waals surface area contributed by atoms with Gasteiger partial charge in [0.2, 0.25) is 0 Å². The molecule has 0 bridgehead atoms. The molecule has 0 aliphatic rings. The van der Waals surface area contributed by atoms with Crippen LogP contribution in [0.25, 0.3) is 11.3 Å². The van der Waals surface area contributed by atoms with Crippen LogP contribution in [0, 0.1) is 5.82 Å². The van der Waals surface area contributed by atoms with E-state index >= 15 is 0 Å². The van der Waals surface area contributed by atoms with E-state index in [9.17, 15) is 4.39 Å². The van der Waals surface area contributed by atoms with Crippen molar-refractivity contribution in [1.82, 2.24) is 5.32 Å². The Bertz CT molecular complexity index is 547. The number of hydrogen-bond donors (Lipinski definition) is 1. The highest BCUT2D eigenvalue weighted by Crippen LogP contribution is 2.29. The summed E-state index contributed by atoms with van der Waals surface area (Å²) < 4.78 is 19.2. The van der Waals surface area contributed by atoms with Crippen LogP contribution in [0.4, 0.5) is 4.39 Å². The van der Waals surface area contributed by atoms with Crippen molar-refractivity contribution in [1.29, 1.82) is 0 Å². The topological polar surface area (TPSA) is 25.2 Å². The van der Waals surface area contributed by atoms with Crippen LogP contribution in [0.5, 0.6) is 0 Å². The van der Waals surface area contributed by atoms with E-state index in [1.54, 1.807) is 6.07 Å². The third-order valence-electron chi connectivity index (χ3n) is 3.17. The second-order valence-corrected chi connectivity index (χ2v) is 5.21. The van der Waals surface area contributed by atoms with E-state index in [4.69, 9.17) is 16.0 Å². The summed E-state index contributed by atoms with van der Waals surface area (Å²) >= 11 is 5.87. The van der Waals surface area contributed by atoms with Crippen LogP contribution in [0.3, 0.4) is 0 Å². The fraction of sp³-hybridized carbons (Fsp3) is 0.375.